The van der Waals surface area contributed by atoms with E-state index >= 15 is 0 Å². The second kappa shape index (κ2) is 27.1. The van der Waals surface area contributed by atoms with E-state index in [-0.39, 0.29) is 110 Å². The zero-order chi connectivity index (χ0) is 24.4. The SMILES string of the molecule is O=[N+]([O-])OC(O[N+](=O)[O-])(O[N+](=O)[O-])O[N+](=O)[O-].O=[N+]([O-])[O-].O=[N+]([O-])[O-].O=[N+]([O-])[O-].[K+].[Na+].[Na+]. The average Bonchev–Trinajstić information content (AvgIpc) is 2.31. The van der Waals surface area contributed by atoms with E-state index in [0.29, 0.717) is 0 Å². The molecule has 0 heterocycles. The van der Waals surface area contributed by atoms with Crippen LogP contribution in [0.2, 0.25) is 0 Å². The molecule has 0 unspecified atom stereocenters. The maximum Gasteiger partial charge on any atom is 1.00 e. The molecule has 0 saturated carbocycles. The maximum absolute atomic E-state index is 9.83. The van der Waals surface area contributed by atoms with Crippen LogP contribution in [-0.4, -0.2) is 41.8 Å². The fourth-order valence-electron chi connectivity index (χ4n) is 0.465. The van der Waals surface area contributed by atoms with Crippen LogP contribution < -0.4 is 110 Å². The van der Waals surface area contributed by atoms with Crippen molar-refractivity contribution in [1.82, 2.24) is 0 Å². The van der Waals surface area contributed by atoms with Crippen LogP contribution in [0.5, 0.6) is 0 Å². The van der Waals surface area contributed by atoms with E-state index in [1.807, 2.05) is 0 Å². The van der Waals surface area contributed by atoms with Crippen LogP contribution in [0, 0.1) is 86.4 Å². The molecule has 0 aliphatic heterocycles. The van der Waals surface area contributed by atoms with Gasteiger partial charge in [-0.05, 0) is 0 Å². The van der Waals surface area contributed by atoms with Crippen molar-refractivity contribution in [2.24, 2.45) is 0 Å². The summed E-state index contributed by atoms with van der Waals surface area (Å²) in [7, 11) is 0. The van der Waals surface area contributed by atoms with Gasteiger partial charge in [0.1, 0.15) is 0 Å². The fourth-order valence-corrected chi connectivity index (χ4v) is 0.465. The van der Waals surface area contributed by atoms with Crippen LogP contribution in [0.4, 0.5) is 0 Å². The number of hydrogen-bond donors (Lipinski definition) is 0. The number of rotatable bonds is 8. The molecule has 0 aliphatic carbocycles. The van der Waals surface area contributed by atoms with E-state index in [1.54, 1.807) is 0 Å². The number of nitrogens with zero attached hydrogens (tertiary/aromatic N) is 7. The van der Waals surface area contributed by atoms with Crippen LogP contribution >= 0.6 is 0 Å². The molecule has 0 atom stereocenters. The standard InChI is InChI=1S/CN4O12.K.3NO3.2Na/c6-2(7)14-1(15-3(8)9,16-4(10)11)17-5(12)13;;3*2-1(3)4;;/q;+1;3*-1;2*+1. The van der Waals surface area contributed by atoms with Gasteiger partial charge in [-0.1, -0.05) is 0 Å². The molecule has 0 bridgehead atoms. The first-order chi connectivity index (χ1) is 12.9. The Morgan fingerprint density at radius 3 is 0.562 bits per heavy atom. The second-order valence-corrected chi connectivity index (χ2v) is 2.43. The van der Waals surface area contributed by atoms with E-state index in [4.69, 9.17) is 46.0 Å². The summed E-state index contributed by atoms with van der Waals surface area (Å²) in [6, 6.07) is 0. The van der Waals surface area contributed by atoms with Crippen molar-refractivity contribution in [3.05, 3.63) is 86.4 Å². The van der Waals surface area contributed by atoms with Crippen LogP contribution in [-0.2, 0) is 19.4 Å². The van der Waals surface area contributed by atoms with Crippen molar-refractivity contribution in [2.45, 2.75) is 6.16 Å². The van der Waals surface area contributed by atoms with Gasteiger partial charge < -0.3 is 46.0 Å². The molecule has 28 nitrogen and oxygen atoms in total. The Bertz CT molecular complexity index is 499. The minimum Gasteiger partial charge on any atom is -0.356 e. The molecule has 0 aliphatic rings. The first kappa shape index (κ1) is 47.7. The summed E-state index contributed by atoms with van der Waals surface area (Å²) < 4.78 is 0. The predicted octanol–water partition coefficient (Wildman–Crippen LogP) is -11.3. The molecule has 168 valence electrons. The summed E-state index contributed by atoms with van der Waals surface area (Å²) in [5.41, 5.74) is 0. The molecule has 0 saturated heterocycles. The summed E-state index contributed by atoms with van der Waals surface area (Å²) in [5.74, 6) is 0. The summed E-state index contributed by atoms with van der Waals surface area (Å²) in [6.07, 6.45) is -4.21. The Morgan fingerprint density at radius 1 is 0.406 bits per heavy atom. The van der Waals surface area contributed by atoms with Crippen LogP contribution in [0.25, 0.3) is 0 Å². The van der Waals surface area contributed by atoms with Gasteiger partial charge in [-0.2, -0.15) is 0 Å². The molecule has 0 N–H and O–H groups in total. The summed E-state index contributed by atoms with van der Waals surface area (Å²) >= 11 is 0. The van der Waals surface area contributed by atoms with Crippen molar-refractivity contribution in [2.75, 3.05) is 0 Å². The molecule has 0 radical (unpaired) electrons. The topological polar surface area (TPSA) is 408 Å². The van der Waals surface area contributed by atoms with Crippen molar-refractivity contribution in [3.63, 3.8) is 0 Å². The summed E-state index contributed by atoms with van der Waals surface area (Å²) in [6.45, 7) is 0. The first-order valence-corrected chi connectivity index (χ1v) is 4.65. The molecule has 32 heavy (non-hydrogen) atoms. The van der Waals surface area contributed by atoms with Crippen LogP contribution in [0.15, 0.2) is 0 Å². The Kier molecular flexibility index (Phi) is 40.4. The second-order valence-electron chi connectivity index (χ2n) is 2.43. The quantitative estimate of drug-likeness (QED) is 0.121. The van der Waals surface area contributed by atoms with Crippen molar-refractivity contribution in [3.8, 4) is 0 Å². The monoisotopic (exact) mass is 531 g/mol. The first-order valence-electron chi connectivity index (χ1n) is 4.65. The van der Waals surface area contributed by atoms with Crippen LogP contribution in [0.3, 0.4) is 0 Å². The molecule has 0 spiro atoms. The zero-order valence-corrected chi connectivity index (χ0v) is 22.3. The number of hydrogen-bond acceptors (Lipinski definition) is 21. The van der Waals surface area contributed by atoms with Gasteiger partial charge >= 0.3 is 137 Å². The Morgan fingerprint density at radius 2 is 0.500 bits per heavy atom. The third kappa shape index (κ3) is 63.0. The molecule has 0 aromatic carbocycles. The van der Waals surface area contributed by atoms with E-state index in [0.717, 1.165) is 0 Å². The van der Waals surface area contributed by atoms with Crippen molar-refractivity contribution in [1.29, 1.82) is 0 Å². The van der Waals surface area contributed by atoms with E-state index < -0.39 is 41.8 Å². The Hall–Kier alpha value is -1.96. The maximum atomic E-state index is 9.83. The molecular formula is CKN7Na2O21. The van der Waals surface area contributed by atoms with Gasteiger partial charge in [0.15, 0.2) is 0 Å². The molecule has 0 rings (SSSR count). The Balaban J connectivity index is -0.0000000694. The average molecular weight is 531 g/mol. The molecule has 0 fully saturated rings. The molecule has 0 amide bonds. The van der Waals surface area contributed by atoms with E-state index in [9.17, 15) is 40.5 Å². The molecule has 31 heteroatoms. The zero-order valence-electron chi connectivity index (χ0n) is 15.2. The summed E-state index contributed by atoms with van der Waals surface area (Å²) in [5, 5.41) is 76.0. The molecule has 0 aromatic heterocycles. The van der Waals surface area contributed by atoms with Crippen molar-refractivity contribution >= 4 is 0 Å². The molecular weight excluding hydrogens is 531 g/mol. The van der Waals surface area contributed by atoms with Crippen molar-refractivity contribution < 1.29 is 165 Å². The molecule has 0 aromatic rings. The van der Waals surface area contributed by atoms with Gasteiger partial charge in [-0.15, -0.1) is 40.5 Å². The minimum atomic E-state index is -4.21. The largest absolute Gasteiger partial charge is 1.00 e. The predicted molar refractivity (Wildman–Crippen MR) is 66.1 cm³/mol. The van der Waals surface area contributed by atoms with Gasteiger partial charge in [-0.25, -0.2) is 19.4 Å². The van der Waals surface area contributed by atoms with E-state index in [2.05, 4.69) is 19.4 Å². The third-order valence-corrected chi connectivity index (χ3v) is 0.745. The van der Waals surface area contributed by atoms with E-state index in [1.165, 1.54) is 0 Å². The van der Waals surface area contributed by atoms with Gasteiger partial charge in [0.2, 0.25) is 0 Å². The van der Waals surface area contributed by atoms with Gasteiger partial charge in [0.05, 0.1) is 15.3 Å². The smallest absolute Gasteiger partial charge is 0.356 e. The van der Waals surface area contributed by atoms with Crippen LogP contribution in [0.1, 0.15) is 0 Å². The fraction of sp³-hybridized carbons (Fsp3) is 1.00. The Labute approximate surface area is 255 Å². The minimum absolute atomic E-state index is 0. The van der Waals surface area contributed by atoms with Gasteiger partial charge in [0, 0.05) is 0 Å². The van der Waals surface area contributed by atoms with Gasteiger partial charge in [0.25, 0.3) is 0 Å². The third-order valence-electron chi connectivity index (χ3n) is 0.745. The normalized spacial score (nSPS) is 7.50. The summed E-state index contributed by atoms with van der Waals surface area (Å²) in [4.78, 5) is 76.5. The van der Waals surface area contributed by atoms with Gasteiger partial charge in [-0.3, -0.25) is 0 Å².